The van der Waals surface area contributed by atoms with Crippen LogP contribution >= 0.6 is 0 Å². The van der Waals surface area contributed by atoms with Crippen molar-refractivity contribution < 1.29 is 27.8 Å². The summed E-state index contributed by atoms with van der Waals surface area (Å²) in [6.45, 7) is 3.32. The van der Waals surface area contributed by atoms with Gasteiger partial charge < -0.3 is 14.8 Å². The standard InChI is InChI=1S/C21H20F2N2O4/c1-4-29-20(26)18-12(2)25(14-6-8-15(28-3)9-7-14)21(27)24-19(18)16-10-5-13(22)11-17(16)23/h5-11,19H,4H2,1-3H3,(H,24,27)/t19-/m0/s1. The van der Waals surface area contributed by atoms with E-state index in [4.69, 9.17) is 9.47 Å². The second kappa shape index (κ2) is 8.30. The van der Waals surface area contributed by atoms with Crippen LogP contribution in [0.4, 0.5) is 19.3 Å². The van der Waals surface area contributed by atoms with E-state index in [2.05, 4.69) is 5.32 Å². The zero-order valence-electron chi connectivity index (χ0n) is 16.2. The molecule has 1 atom stereocenters. The Labute approximate surface area is 166 Å². The lowest BCUT2D eigenvalue weighted by atomic mass is 9.94. The van der Waals surface area contributed by atoms with Gasteiger partial charge in [-0.1, -0.05) is 6.07 Å². The van der Waals surface area contributed by atoms with Crippen molar-refractivity contribution in [1.82, 2.24) is 5.32 Å². The number of carbonyl (C=O) groups excluding carboxylic acids is 2. The van der Waals surface area contributed by atoms with Gasteiger partial charge in [0.15, 0.2) is 0 Å². The molecule has 29 heavy (non-hydrogen) atoms. The van der Waals surface area contributed by atoms with Gasteiger partial charge in [-0.15, -0.1) is 0 Å². The van der Waals surface area contributed by atoms with E-state index in [1.807, 2.05) is 0 Å². The number of hydrogen-bond acceptors (Lipinski definition) is 4. The molecule has 152 valence electrons. The van der Waals surface area contributed by atoms with Crippen LogP contribution in [-0.4, -0.2) is 25.7 Å². The molecule has 0 bridgehead atoms. The lowest BCUT2D eigenvalue weighted by Gasteiger charge is -2.35. The highest BCUT2D eigenvalue weighted by Gasteiger charge is 2.38. The van der Waals surface area contributed by atoms with Crippen LogP contribution < -0.4 is 15.0 Å². The fourth-order valence-corrected chi connectivity index (χ4v) is 3.23. The number of halogens is 2. The molecule has 2 aromatic rings. The minimum Gasteiger partial charge on any atom is -0.497 e. The highest BCUT2D eigenvalue weighted by atomic mass is 19.1. The number of amides is 2. The number of carbonyl (C=O) groups is 2. The van der Waals surface area contributed by atoms with E-state index in [0.29, 0.717) is 17.5 Å². The molecule has 1 N–H and O–H groups in total. The summed E-state index contributed by atoms with van der Waals surface area (Å²) in [6.07, 6.45) is 0. The topological polar surface area (TPSA) is 67.9 Å². The monoisotopic (exact) mass is 402 g/mol. The number of benzene rings is 2. The summed E-state index contributed by atoms with van der Waals surface area (Å²) in [6, 6.07) is 7.95. The van der Waals surface area contributed by atoms with Crippen LogP contribution in [0, 0.1) is 11.6 Å². The molecule has 3 rings (SSSR count). The van der Waals surface area contributed by atoms with Gasteiger partial charge in [-0.05, 0) is 44.2 Å². The minimum absolute atomic E-state index is 0.0310. The average molecular weight is 402 g/mol. The summed E-state index contributed by atoms with van der Waals surface area (Å²) in [5.41, 5.74) is 0.802. The van der Waals surface area contributed by atoms with E-state index in [-0.39, 0.29) is 23.4 Å². The summed E-state index contributed by atoms with van der Waals surface area (Å²) in [7, 11) is 1.52. The SMILES string of the molecule is CCOC(=O)C1=C(C)N(c2ccc(OC)cc2)C(=O)N[C@H]1c1ccc(F)cc1F. The largest absolute Gasteiger partial charge is 0.497 e. The Balaban J connectivity index is 2.13. The van der Waals surface area contributed by atoms with Crippen LogP contribution in [0.5, 0.6) is 5.75 Å². The van der Waals surface area contributed by atoms with E-state index in [1.165, 1.54) is 18.1 Å². The number of allylic oxidation sites excluding steroid dienone is 1. The number of nitrogens with one attached hydrogen (secondary N) is 1. The Hall–Kier alpha value is -3.42. The maximum absolute atomic E-state index is 14.4. The van der Waals surface area contributed by atoms with Gasteiger partial charge in [-0.2, -0.15) is 0 Å². The summed E-state index contributed by atoms with van der Waals surface area (Å²) in [5, 5.41) is 2.62. The van der Waals surface area contributed by atoms with Crippen LogP contribution in [0.15, 0.2) is 53.7 Å². The lowest BCUT2D eigenvalue weighted by Crippen LogP contribution is -2.48. The molecule has 0 unspecified atom stereocenters. The quantitative estimate of drug-likeness (QED) is 0.766. The van der Waals surface area contributed by atoms with Gasteiger partial charge in [-0.3, -0.25) is 4.90 Å². The molecule has 6 nitrogen and oxygen atoms in total. The molecular formula is C21H20F2N2O4. The molecule has 0 aliphatic carbocycles. The second-order valence-electron chi connectivity index (χ2n) is 6.30. The predicted molar refractivity (Wildman–Crippen MR) is 102 cm³/mol. The molecule has 1 heterocycles. The summed E-state index contributed by atoms with van der Waals surface area (Å²) in [4.78, 5) is 26.8. The van der Waals surface area contributed by atoms with E-state index < -0.39 is 29.7 Å². The first-order valence-electron chi connectivity index (χ1n) is 8.94. The first-order valence-corrected chi connectivity index (χ1v) is 8.94. The molecular weight excluding hydrogens is 382 g/mol. The first kappa shape index (κ1) is 20.3. The van der Waals surface area contributed by atoms with Crippen molar-refractivity contribution in [3.8, 4) is 5.75 Å². The number of ether oxygens (including phenoxy) is 2. The maximum atomic E-state index is 14.4. The van der Waals surface area contributed by atoms with E-state index in [9.17, 15) is 18.4 Å². The second-order valence-corrected chi connectivity index (χ2v) is 6.30. The van der Waals surface area contributed by atoms with Gasteiger partial charge in [-0.25, -0.2) is 18.4 Å². The molecule has 0 spiro atoms. The molecule has 0 saturated carbocycles. The summed E-state index contributed by atoms with van der Waals surface area (Å²) < 4.78 is 38.0. The zero-order chi connectivity index (χ0) is 21.1. The highest BCUT2D eigenvalue weighted by molar-refractivity contribution is 6.03. The Bertz CT molecular complexity index is 973. The number of hydrogen-bond donors (Lipinski definition) is 1. The first-order chi connectivity index (χ1) is 13.9. The van der Waals surface area contributed by atoms with E-state index in [1.54, 1.807) is 38.1 Å². The number of rotatable bonds is 5. The third kappa shape index (κ3) is 3.91. The van der Waals surface area contributed by atoms with Crippen molar-refractivity contribution in [2.45, 2.75) is 19.9 Å². The number of urea groups is 1. The smallest absolute Gasteiger partial charge is 0.338 e. The van der Waals surface area contributed by atoms with Gasteiger partial charge in [0.2, 0.25) is 0 Å². The van der Waals surface area contributed by atoms with E-state index in [0.717, 1.165) is 6.07 Å². The number of esters is 1. The van der Waals surface area contributed by atoms with Gasteiger partial charge in [0, 0.05) is 17.3 Å². The van der Waals surface area contributed by atoms with Crippen molar-refractivity contribution in [3.63, 3.8) is 0 Å². The average Bonchev–Trinajstić information content (AvgIpc) is 2.68. The third-order valence-corrected chi connectivity index (χ3v) is 4.58. The van der Waals surface area contributed by atoms with Gasteiger partial charge in [0.05, 0.1) is 31.0 Å². The summed E-state index contributed by atoms with van der Waals surface area (Å²) in [5.74, 6) is -1.73. The number of anilines is 1. The molecule has 2 amide bonds. The van der Waals surface area contributed by atoms with Crippen LogP contribution in [0.3, 0.4) is 0 Å². The summed E-state index contributed by atoms with van der Waals surface area (Å²) >= 11 is 0. The van der Waals surface area contributed by atoms with Gasteiger partial charge in [0.1, 0.15) is 17.4 Å². The van der Waals surface area contributed by atoms with Crippen molar-refractivity contribution in [2.75, 3.05) is 18.6 Å². The Morgan fingerprint density at radius 3 is 2.45 bits per heavy atom. The molecule has 2 aromatic carbocycles. The van der Waals surface area contributed by atoms with E-state index >= 15 is 0 Å². The minimum atomic E-state index is -1.11. The Morgan fingerprint density at radius 2 is 1.86 bits per heavy atom. The molecule has 0 radical (unpaired) electrons. The molecule has 0 fully saturated rings. The molecule has 1 aliphatic rings. The fourth-order valence-electron chi connectivity index (χ4n) is 3.23. The van der Waals surface area contributed by atoms with Crippen LogP contribution in [0.25, 0.3) is 0 Å². The molecule has 0 aromatic heterocycles. The normalized spacial score (nSPS) is 16.5. The Morgan fingerprint density at radius 1 is 1.17 bits per heavy atom. The Kier molecular flexibility index (Phi) is 5.81. The van der Waals surface area contributed by atoms with Gasteiger partial charge in [0.25, 0.3) is 0 Å². The lowest BCUT2D eigenvalue weighted by molar-refractivity contribution is -0.139. The van der Waals surface area contributed by atoms with Crippen molar-refractivity contribution in [3.05, 3.63) is 70.9 Å². The third-order valence-electron chi connectivity index (χ3n) is 4.58. The number of nitrogens with zero attached hydrogens (tertiary/aromatic N) is 1. The van der Waals surface area contributed by atoms with Crippen LogP contribution in [-0.2, 0) is 9.53 Å². The predicted octanol–water partition coefficient (Wildman–Crippen LogP) is 4.08. The van der Waals surface area contributed by atoms with Crippen molar-refractivity contribution >= 4 is 17.7 Å². The molecule has 8 heteroatoms. The maximum Gasteiger partial charge on any atom is 0.338 e. The van der Waals surface area contributed by atoms with Crippen LogP contribution in [0.2, 0.25) is 0 Å². The number of methoxy groups -OCH3 is 1. The van der Waals surface area contributed by atoms with Crippen molar-refractivity contribution in [1.29, 1.82) is 0 Å². The molecule has 1 aliphatic heterocycles. The van der Waals surface area contributed by atoms with Crippen LogP contribution in [0.1, 0.15) is 25.5 Å². The van der Waals surface area contributed by atoms with Crippen molar-refractivity contribution in [2.24, 2.45) is 0 Å². The highest BCUT2D eigenvalue weighted by Crippen LogP contribution is 2.35. The van der Waals surface area contributed by atoms with Gasteiger partial charge >= 0.3 is 12.0 Å². The zero-order valence-corrected chi connectivity index (χ0v) is 16.2. The fraction of sp³-hybridized carbons (Fsp3) is 0.238. The molecule has 0 saturated heterocycles.